The number of benzene rings is 2. The van der Waals surface area contributed by atoms with Crippen LogP contribution in [0.15, 0.2) is 58.1 Å². The summed E-state index contributed by atoms with van der Waals surface area (Å²) in [7, 11) is 1.52. The summed E-state index contributed by atoms with van der Waals surface area (Å²) in [5, 5.41) is 9.18. The van der Waals surface area contributed by atoms with Gasteiger partial charge in [-0.3, -0.25) is 13.9 Å². The van der Waals surface area contributed by atoms with Crippen LogP contribution in [0.4, 0.5) is 8.78 Å². The molecule has 0 fully saturated rings. The summed E-state index contributed by atoms with van der Waals surface area (Å²) in [4.78, 5) is 30.7. The topological polar surface area (TPSA) is 91.3 Å². The predicted molar refractivity (Wildman–Crippen MR) is 118 cm³/mol. The molecule has 2 heterocycles. The Bertz CT molecular complexity index is 1410. The number of rotatable bonds is 8. The zero-order valence-electron chi connectivity index (χ0n) is 17.9. The van der Waals surface area contributed by atoms with Crippen LogP contribution in [-0.2, 0) is 20.1 Å². The standard InChI is InChI=1S/C23H22F2N4O4/c1-27-21-19(22(31)28(23(27)32)10-3-11-30)29(13-15-6-8-17(25)9-7-15)20(26-21)16-4-2-5-18(12-16)33-14-24/h2,4-9,12,30H,3,10-11,13-14H2,1H3. The Kier molecular flexibility index (Phi) is 6.36. The van der Waals surface area contributed by atoms with E-state index in [0.717, 1.165) is 4.57 Å². The summed E-state index contributed by atoms with van der Waals surface area (Å²) < 4.78 is 35.1. The molecule has 0 aliphatic heterocycles. The number of ether oxygens (including phenoxy) is 1. The number of aliphatic hydroxyl groups is 1. The zero-order valence-corrected chi connectivity index (χ0v) is 17.9. The Morgan fingerprint density at radius 3 is 2.55 bits per heavy atom. The van der Waals surface area contributed by atoms with Gasteiger partial charge in [0.15, 0.2) is 11.2 Å². The van der Waals surface area contributed by atoms with Gasteiger partial charge in [-0.05, 0) is 36.2 Å². The van der Waals surface area contributed by atoms with Gasteiger partial charge in [0.2, 0.25) is 6.86 Å². The average Bonchev–Trinajstić information content (AvgIpc) is 3.19. The van der Waals surface area contributed by atoms with E-state index in [1.165, 1.54) is 23.7 Å². The zero-order chi connectivity index (χ0) is 23.5. The third-order valence-corrected chi connectivity index (χ3v) is 5.34. The van der Waals surface area contributed by atoms with Crippen molar-refractivity contribution in [3.05, 3.63) is 80.7 Å². The highest BCUT2D eigenvalue weighted by Crippen LogP contribution is 2.27. The highest BCUT2D eigenvalue weighted by atomic mass is 19.1. The van der Waals surface area contributed by atoms with Crippen LogP contribution in [0.1, 0.15) is 12.0 Å². The number of alkyl halides is 1. The van der Waals surface area contributed by atoms with Crippen molar-refractivity contribution in [2.75, 3.05) is 13.5 Å². The van der Waals surface area contributed by atoms with E-state index >= 15 is 0 Å². The lowest BCUT2D eigenvalue weighted by atomic mass is 10.2. The lowest BCUT2D eigenvalue weighted by Crippen LogP contribution is -2.39. The summed E-state index contributed by atoms with van der Waals surface area (Å²) >= 11 is 0. The van der Waals surface area contributed by atoms with Gasteiger partial charge < -0.3 is 14.4 Å². The lowest BCUT2D eigenvalue weighted by Gasteiger charge is -2.12. The van der Waals surface area contributed by atoms with Crippen LogP contribution in [0.25, 0.3) is 22.6 Å². The Morgan fingerprint density at radius 1 is 1.09 bits per heavy atom. The van der Waals surface area contributed by atoms with Crippen molar-refractivity contribution >= 4 is 11.2 Å². The Hall–Kier alpha value is -3.79. The summed E-state index contributed by atoms with van der Waals surface area (Å²) in [5.74, 6) is 0.259. The van der Waals surface area contributed by atoms with Crippen molar-refractivity contribution in [1.82, 2.24) is 18.7 Å². The van der Waals surface area contributed by atoms with Gasteiger partial charge in [0.1, 0.15) is 17.4 Å². The minimum absolute atomic E-state index is 0.0504. The normalized spacial score (nSPS) is 11.3. The first-order chi connectivity index (χ1) is 15.9. The molecule has 0 radical (unpaired) electrons. The molecule has 2 aromatic heterocycles. The van der Waals surface area contributed by atoms with Gasteiger partial charge >= 0.3 is 5.69 Å². The quantitative estimate of drug-likeness (QED) is 0.440. The average molecular weight is 456 g/mol. The first-order valence-electron chi connectivity index (χ1n) is 10.3. The molecule has 0 spiro atoms. The third kappa shape index (κ3) is 4.29. The van der Waals surface area contributed by atoms with Crippen LogP contribution in [-0.4, -0.2) is 37.3 Å². The Balaban J connectivity index is 2.00. The van der Waals surface area contributed by atoms with E-state index in [9.17, 15) is 23.5 Å². The van der Waals surface area contributed by atoms with Gasteiger partial charge in [0.25, 0.3) is 5.56 Å². The molecule has 1 N–H and O–H groups in total. The molecule has 0 unspecified atom stereocenters. The van der Waals surface area contributed by atoms with Gasteiger partial charge in [0, 0.05) is 32.3 Å². The smallest absolute Gasteiger partial charge is 0.332 e. The molecule has 0 amide bonds. The van der Waals surface area contributed by atoms with Crippen molar-refractivity contribution in [2.24, 2.45) is 7.05 Å². The lowest BCUT2D eigenvalue weighted by molar-refractivity contribution is 0.192. The minimum Gasteiger partial charge on any atom is -0.463 e. The molecule has 0 saturated carbocycles. The van der Waals surface area contributed by atoms with Crippen LogP contribution < -0.4 is 16.0 Å². The molecule has 172 valence electrons. The number of halogens is 2. The predicted octanol–water partition coefficient (Wildman–Crippen LogP) is 2.44. The van der Waals surface area contributed by atoms with Gasteiger partial charge in [0.05, 0.1) is 0 Å². The van der Waals surface area contributed by atoms with Crippen LogP contribution in [0, 0.1) is 5.82 Å². The van der Waals surface area contributed by atoms with Crippen LogP contribution in [0.2, 0.25) is 0 Å². The number of hydrogen-bond acceptors (Lipinski definition) is 5. The van der Waals surface area contributed by atoms with E-state index in [1.54, 1.807) is 41.0 Å². The molecule has 8 nitrogen and oxygen atoms in total. The fraction of sp³-hybridized carbons (Fsp3) is 0.261. The van der Waals surface area contributed by atoms with Crippen LogP contribution in [0.5, 0.6) is 5.75 Å². The van der Waals surface area contributed by atoms with Crippen molar-refractivity contribution in [3.63, 3.8) is 0 Å². The maximum absolute atomic E-state index is 13.4. The maximum Gasteiger partial charge on any atom is 0.332 e. The van der Waals surface area contributed by atoms with Gasteiger partial charge in [-0.1, -0.05) is 24.3 Å². The molecule has 2 aromatic carbocycles. The van der Waals surface area contributed by atoms with E-state index in [0.29, 0.717) is 17.0 Å². The first kappa shape index (κ1) is 22.4. The van der Waals surface area contributed by atoms with E-state index < -0.39 is 18.1 Å². The summed E-state index contributed by atoms with van der Waals surface area (Å²) in [5.41, 5.74) is 0.536. The van der Waals surface area contributed by atoms with Crippen molar-refractivity contribution in [3.8, 4) is 17.1 Å². The van der Waals surface area contributed by atoms with Gasteiger partial charge in [-0.15, -0.1) is 0 Å². The number of aromatic nitrogens is 4. The molecular weight excluding hydrogens is 434 g/mol. The van der Waals surface area contributed by atoms with Gasteiger partial charge in [-0.2, -0.15) is 0 Å². The van der Waals surface area contributed by atoms with Crippen molar-refractivity contribution in [2.45, 2.75) is 19.5 Å². The van der Waals surface area contributed by atoms with Gasteiger partial charge in [-0.25, -0.2) is 18.6 Å². The highest BCUT2D eigenvalue weighted by Gasteiger charge is 2.21. The number of aliphatic hydroxyl groups excluding tert-OH is 1. The molecule has 4 aromatic rings. The van der Waals surface area contributed by atoms with E-state index in [-0.39, 0.29) is 48.8 Å². The van der Waals surface area contributed by atoms with Crippen LogP contribution >= 0.6 is 0 Å². The molecule has 10 heteroatoms. The summed E-state index contributed by atoms with van der Waals surface area (Å²) in [6.07, 6.45) is 0.238. The molecule has 0 aliphatic rings. The van der Waals surface area contributed by atoms with E-state index in [2.05, 4.69) is 4.98 Å². The minimum atomic E-state index is -1.00. The second kappa shape index (κ2) is 9.37. The molecule has 4 rings (SSSR count). The number of imidazole rings is 1. The summed E-state index contributed by atoms with van der Waals surface area (Å²) in [6.45, 7) is -0.947. The first-order valence-corrected chi connectivity index (χ1v) is 10.3. The van der Waals surface area contributed by atoms with Crippen molar-refractivity contribution in [1.29, 1.82) is 0 Å². The fourth-order valence-electron chi connectivity index (χ4n) is 3.73. The monoisotopic (exact) mass is 456 g/mol. The second-order valence-electron chi connectivity index (χ2n) is 7.48. The number of fused-ring (bicyclic) bond motifs is 1. The van der Waals surface area contributed by atoms with E-state index in [4.69, 9.17) is 4.74 Å². The molecular formula is C23H22F2N4O4. The van der Waals surface area contributed by atoms with E-state index in [1.807, 2.05) is 0 Å². The maximum atomic E-state index is 13.4. The second-order valence-corrected chi connectivity index (χ2v) is 7.48. The molecule has 0 bridgehead atoms. The SMILES string of the molecule is Cn1c(=O)n(CCCO)c(=O)c2c1nc(-c1cccc(OCF)c1)n2Cc1ccc(F)cc1. The van der Waals surface area contributed by atoms with Crippen LogP contribution in [0.3, 0.4) is 0 Å². The molecule has 0 saturated heterocycles. The number of hydrogen-bond donors (Lipinski definition) is 1. The Morgan fingerprint density at radius 2 is 1.85 bits per heavy atom. The highest BCUT2D eigenvalue weighted by molar-refractivity contribution is 5.77. The largest absolute Gasteiger partial charge is 0.463 e. The number of aryl methyl sites for hydroxylation is 1. The fourth-order valence-corrected chi connectivity index (χ4v) is 3.73. The molecule has 0 aliphatic carbocycles. The van der Waals surface area contributed by atoms with Crippen molar-refractivity contribution < 1.29 is 18.6 Å². The molecule has 33 heavy (non-hydrogen) atoms. The Labute approximate surface area is 186 Å². The molecule has 0 atom stereocenters. The number of nitrogens with zero attached hydrogens (tertiary/aromatic N) is 4. The summed E-state index contributed by atoms with van der Waals surface area (Å²) in [6, 6.07) is 12.4. The third-order valence-electron chi connectivity index (χ3n) is 5.34.